The van der Waals surface area contributed by atoms with Gasteiger partial charge in [0.25, 0.3) is 0 Å². The van der Waals surface area contributed by atoms with E-state index in [1.54, 1.807) is 6.20 Å². The fourth-order valence-electron chi connectivity index (χ4n) is 2.26. The fourth-order valence-corrected chi connectivity index (χ4v) is 2.26. The summed E-state index contributed by atoms with van der Waals surface area (Å²) >= 11 is 0. The van der Waals surface area contributed by atoms with Crippen LogP contribution >= 0.6 is 0 Å². The normalized spacial score (nSPS) is 10.4. The first-order valence-corrected chi connectivity index (χ1v) is 6.98. The zero-order chi connectivity index (χ0) is 13.5. The Kier molecular flexibility index (Phi) is 4.90. The molecule has 0 bridgehead atoms. The van der Waals surface area contributed by atoms with E-state index in [1.807, 2.05) is 6.07 Å². The first-order chi connectivity index (χ1) is 9.36. The van der Waals surface area contributed by atoms with Crippen molar-refractivity contribution in [1.82, 2.24) is 10.2 Å². The fraction of sp³-hybridized carbons (Fsp3) is 0.375. The minimum absolute atomic E-state index is 0.998. The second-order valence-electron chi connectivity index (χ2n) is 4.62. The van der Waals surface area contributed by atoms with Crippen molar-refractivity contribution in [3.05, 3.63) is 42.6 Å². The van der Waals surface area contributed by atoms with Crippen LogP contribution in [0.25, 0.3) is 11.1 Å². The Balaban J connectivity index is 2.40. The molecule has 19 heavy (non-hydrogen) atoms. The summed E-state index contributed by atoms with van der Waals surface area (Å²) < 4.78 is 0. The number of rotatable bonds is 6. The van der Waals surface area contributed by atoms with Crippen LogP contribution < -0.4 is 4.90 Å². The standard InChI is InChI=1S/C16H21N3/c1-3-12-19(13-4-2)16-15(10-11-17-18-16)14-8-6-5-7-9-14/h5-11H,3-4,12-13H2,1-2H3. The van der Waals surface area contributed by atoms with Crippen LogP contribution in [0.15, 0.2) is 42.6 Å². The quantitative estimate of drug-likeness (QED) is 0.786. The Labute approximate surface area is 115 Å². The zero-order valence-electron chi connectivity index (χ0n) is 11.7. The third-order valence-electron chi connectivity index (χ3n) is 3.07. The lowest BCUT2D eigenvalue weighted by Crippen LogP contribution is -2.26. The summed E-state index contributed by atoms with van der Waals surface area (Å²) in [4.78, 5) is 2.33. The van der Waals surface area contributed by atoms with Crippen LogP contribution in [-0.4, -0.2) is 23.3 Å². The van der Waals surface area contributed by atoms with E-state index in [1.165, 1.54) is 5.56 Å². The Morgan fingerprint density at radius 3 is 2.26 bits per heavy atom. The summed E-state index contributed by atoms with van der Waals surface area (Å²) in [5, 5.41) is 8.43. The number of benzene rings is 1. The second kappa shape index (κ2) is 6.88. The van der Waals surface area contributed by atoms with E-state index in [0.29, 0.717) is 0 Å². The minimum atomic E-state index is 0.998. The van der Waals surface area contributed by atoms with Crippen LogP contribution in [0.3, 0.4) is 0 Å². The predicted octanol–water partition coefficient (Wildman–Crippen LogP) is 3.77. The van der Waals surface area contributed by atoms with Gasteiger partial charge in [0.05, 0.1) is 6.20 Å². The molecule has 0 aliphatic rings. The molecule has 1 aromatic carbocycles. The number of aromatic nitrogens is 2. The third-order valence-corrected chi connectivity index (χ3v) is 3.07. The molecule has 2 rings (SSSR count). The molecule has 0 aliphatic carbocycles. The molecule has 3 nitrogen and oxygen atoms in total. The highest BCUT2D eigenvalue weighted by Crippen LogP contribution is 2.28. The van der Waals surface area contributed by atoms with Gasteiger partial charge in [0, 0.05) is 18.7 Å². The van der Waals surface area contributed by atoms with Gasteiger partial charge >= 0.3 is 0 Å². The van der Waals surface area contributed by atoms with E-state index in [-0.39, 0.29) is 0 Å². The molecule has 0 N–H and O–H groups in total. The molecule has 1 aromatic heterocycles. The van der Waals surface area contributed by atoms with Crippen molar-refractivity contribution < 1.29 is 0 Å². The number of nitrogens with zero attached hydrogens (tertiary/aromatic N) is 3. The highest BCUT2D eigenvalue weighted by Gasteiger charge is 2.13. The molecule has 0 fully saturated rings. The van der Waals surface area contributed by atoms with Crippen molar-refractivity contribution in [3.8, 4) is 11.1 Å². The Hall–Kier alpha value is -1.90. The highest BCUT2D eigenvalue weighted by atomic mass is 15.3. The molecule has 0 amide bonds. The predicted molar refractivity (Wildman–Crippen MR) is 80.3 cm³/mol. The number of anilines is 1. The van der Waals surface area contributed by atoms with E-state index < -0.39 is 0 Å². The van der Waals surface area contributed by atoms with Gasteiger partial charge < -0.3 is 4.90 Å². The van der Waals surface area contributed by atoms with Gasteiger partial charge in [0.15, 0.2) is 5.82 Å². The highest BCUT2D eigenvalue weighted by molar-refractivity contribution is 5.75. The van der Waals surface area contributed by atoms with E-state index in [2.05, 4.69) is 59.3 Å². The van der Waals surface area contributed by atoms with Crippen molar-refractivity contribution in [1.29, 1.82) is 0 Å². The molecule has 0 spiro atoms. The maximum atomic E-state index is 4.37. The van der Waals surface area contributed by atoms with Gasteiger partial charge in [-0.2, -0.15) is 5.10 Å². The summed E-state index contributed by atoms with van der Waals surface area (Å²) in [5.74, 6) is 0.998. The van der Waals surface area contributed by atoms with Crippen LogP contribution in [0.4, 0.5) is 5.82 Å². The van der Waals surface area contributed by atoms with Gasteiger partial charge in [-0.15, -0.1) is 5.10 Å². The molecule has 0 saturated carbocycles. The Bertz CT molecular complexity index is 490. The summed E-state index contributed by atoms with van der Waals surface area (Å²) in [6.07, 6.45) is 4.00. The monoisotopic (exact) mass is 255 g/mol. The van der Waals surface area contributed by atoms with Crippen molar-refractivity contribution in [2.75, 3.05) is 18.0 Å². The smallest absolute Gasteiger partial charge is 0.159 e. The van der Waals surface area contributed by atoms with Crippen LogP contribution in [0.1, 0.15) is 26.7 Å². The third kappa shape index (κ3) is 3.31. The molecule has 100 valence electrons. The summed E-state index contributed by atoms with van der Waals surface area (Å²) in [6.45, 7) is 6.43. The van der Waals surface area contributed by atoms with Gasteiger partial charge in [0.2, 0.25) is 0 Å². The maximum Gasteiger partial charge on any atom is 0.159 e. The molecule has 0 aliphatic heterocycles. The SMILES string of the molecule is CCCN(CCC)c1nnccc1-c1ccccc1. The van der Waals surface area contributed by atoms with Crippen molar-refractivity contribution >= 4 is 5.82 Å². The lowest BCUT2D eigenvalue weighted by atomic mass is 10.1. The zero-order valence-corrected chi connectivity index (χ0v) is 11.7. The first kappa shape index (κ1) is 13.5. The molecule has 0 unspecified atom stereocenters. The average molecular weight is 255 g/mol. The maximum absolute atomic E-state index is 4.37. The summed E-state index contributed by atoms with van der Waals surface area (Å²) in [7, 11) is 0. The Morgan fingerprint density at radius 1 is 0.947 bits per heavy atom. The number of hydrogen-bond donors (Lipinski definition) is 0. The number of hydrogen-bond acceptors (Lipinski definition) is 3. The molecule has 0 radical (unpaired) electrons. The summed E-state index contributed by atoms with van der Waals surface area (Å²) in [6, 6.07) is 12.4. The first-order valence-electron chi connectivity index (χ1n) is 6.98. The molecular weight excluding hydrogens is 234 g/mol. The van der Waals surface area contributed by atoms with E-state index in [4.69, 9.17) is 0 Å². The summed E-state index contributed by atoms with van der Waals surface area (Å²) in [5.41, 5.74) is 2.36. The van der Waals surface area contributed by atoms with E-state index in [9.17, 15) is 0 Å². The van der Waals surface area contributed by atoms with Gasteiger partial charge in [-0.1, -0.05) is 44.2 Å². The van der Waals surface area contributed by atoms with Crippen LogP contribution in [0, 0.1) is 0 Å². The van der Waals surface area contributed by atoms with Crippen molar-refractivity contribution in [3.63, 3.8) is 0 Å². The largest absolute Gasteiger partial charge is 0.355 e. The van der Waals surface area contributed by atoms with Crippen LogP contribution in [0.5, 0.6) is 0 Å². The van der Waals surface area contributed by atoms with Gasteiger partial charge in [-0.3, -0.25) is 0 Å². The van der Waals surface area contributed by atoms with E-state index in [0.717, 1.165) is 37.3 Å². The van der Waals surface area contributed by atoms with Gasteiger partial charge in [0.1, 0.15) is 0 Å². The van der Waals surface area contributed by atoms with Crippen molar-refractivity contribution in [2.24, 2.45) is 0 Å². The molecule has 3 heteroatoms. The molecule has 0 saturated heterocycles. The molecule has 1 heterocycles. The second-order valence-corrected chi connectivity index (χ2v) is 4.62. The van der Waals surface area contributed by atoms with E-state index >= 15 is 0 Å². The average Bonchev–Trinajstić information content (AvgIpc) is 2.48. The van der Waals surface area contributed by atoms with Crippen LogP contribution in [0.2, 0.25) is 0 Å². The van der Waals surface area contributed by atoms with Crippen LogP contribution in [-0.2, 0) is 0 Å². The Morgan fingerprint density at radius 2 is 1.63 bits per heavy atom. The molecule has 2 aromatic rings. The lowest BCUT2D eigenvalue weighted by Gasteiger charge is -2.24. The molecular formula is C16H21N3. The molecule has 0 atom stereocenters. The topological polar surface area (TPSA) is 29.0 Å². The van der Waals surface area contributed by atoms with Gasteiger partial charge in [-0.05, 0) is 24.5 Å². The van der Waals surface area contributed by atoms with Crippen molar-refractivity contribution in [2.45, 2.75) is 26.7 Å². The minimum Gasteiger partial charge on any atom is -0.355 e. The van der Waals surface area contributed by atoms with Gasteiger partial charge in [-0.25, -0.2) is 0 Å². The lowest BCUT2D eigenvalue weighted by molar-refractivity contribution is 0.727.